The molecule has 3 fully saturated rings. The number of aldehydes is 1. The fraction of sp³-hybridized carbons (Fsp3) is 0.448. The molecule has 11 nitrogen and oxygen atoms in total. The molecule has 0 aliphatic carbocycles. The molecular weight excluding hydrogens is 588 g/mol. The molecule has 2 bridgehead atoms. The molecule has 4 aromatic heterocycles. The van der Waals surface area contributed by atoms with Crippen molar-refractivity contribution in [2.45, 2.75) is 38.8 Å². The summed E-state index contributed by atoms with van der Waals surface area (Å²) in [6, 6.07) is 4.63. The lowest BCUT2D eigenvalue weighted by atomic mass is 10.2. The van der Waals surface area contributed by atoms with E-state index in [0.29, 0.717) is 35.2 Å². The number of nitrogens with zero attached hydrogens (tertiary/aromatic N) is 8. The highest BCUT2D eigenvalue weighted by atomic mass is 32.1. The van der Waals surface area contributed by atoms with Crippen LogP contribution in [0.5, 0.6) is 0 Å². The zero-order valence-corrected chi connectivity index (χ0v) is 26.1. The van der Waals surface area contributed by atoms with Crippen molar-refractivity contribution in [2.24, 2.45) is 0 Å². The third kappa shape index (κ3) is 6.66. The van der Waals surface area contributed by atoms with Crippen LogP contribution in [0, 0.1) is 19.7 Å². The minimum atomic E-state index is -0.317. The van der Waals surface area contributed by atoms with Gasteiger partial charge in [0.25, 0.3) is 0 Å². The lowest BCUT2D eigenvalue weighted by molar-refractivity contribution is 0.112. The maximum absolute atomic E-state index is 14.1. The molecule has 0 spiro atoms. The van der Waals surface area contributed by atoms with Crippen LogP contribution in [0.1, 0.15) is 33.9 Å². The number of aryl methyl sites for hydroxylation is 2. The molecule has 7 heterocycles. The number of carbonyl (C=O) groups is 1. The second-order valence-corrected chi connectivity index (χ2v) is 13.0. The van der Waals surface area contributed by atoms with Crippen molar-refractivity contribution in [1.29, 1.82) is 0 Å². The lowest BCUT2D eigenvalue weighted by Gasteiger charge is -2.39. The Bertz CT molecular complexity index is 1540. The summed E-state index contributed by atoms with van der Waals surface area (Å²) in [4.78, 5) is 40.4. The van der Waals surface area contributed by atoms with Gasteiger partial charge >= 0.3 is 0 Å². The molecule has 0 aromatic carbocycles. The highest BCUT2D eigenvalue weighted by Crippen LogP contribution is 2.33. The number of pyridine rings is 1. The molecular formula is C29H35FN10OS2. The van der Waals surface area contributed by atoms with Crippen LogP contribution in [-0.2, 0) is 0 Å². The van der Waals surface area contributed by atoms with E-state index < -0.39 is 0 Å². The number of piperazine rings is 2. The standard InChI is InChI=1S/C15H23FN6.C14H12N4OS2/c1-20-11-2-3-12(20)10-22(9-11)15-18-8-13(16)14(19-15)21-6-4-17-5-7-21;1-8-13(21-9(2)16-8)11-7-20-14(17-11)18-12-4-3-10(6-19)5-15-12/h8,11-12,17H,2-7,9-10H2,1H3;3-7H,1-2H3,(H,15,17,18)/t11-,12+;. The average molecular weight is 623 g/mol. The van der Waals surface area contributed by atoms with E-state index in [-0.39, 0.29) is 5.82 Å². The third-order valence-corrected chi connectivity index (χ3v) is 9.91. The largest absolute Gasteiger partial charge is 0.351 e. The first-order valence-electron chi connectivity index (χ1n) is 14.4. The van der Waals surface area contributed by atoms with Gasteiger partial charge in [-0.15, -0.1) is 22.7 Å². The van der Waals surface area contributed by atoms with Crippen molar-refractivity contribution < 1.29 is 9.18 Å². The van der Waals surface area contributed by atoms with Gasteiger partial charge in [-0.05, 0) is 45.9 Å². The Morgan fingerprint density at radius 2 is 1.79 bits per heavy atom. The fourth-order valence-corrected chi connectivity index (χ4v) is 7.40. The van der Waals surface area contributed by atoms with Gasteiger partial charge in [-0.1, -0.05) is 0 Å². The number of hydrogen-bond acceptors (Lipinski definition) is 13. The van der Waals surface area contributed by atoms with Crippen molar-refractivity contribution in [3.8, 4) is 10.6 Å². The third-order valence-electron chi connectivity index (χ3n) is 8.06. The molecule has 4 aromatic rings. The summed E-state index contributed by atoms with van der Waals surface area (Å²) >= 11 is 3.16. The van der Waals surface area contributed by atoms with E-state index in [1.807, 2.05) is 24.1 Å². The molecule has 0 saturated carbocycles. The number of rotatable bonds is 6. The zero-order chi connectivity index (χ0) is 29.9. The van der Waals surface area contributed by atoms with E-state index in [0.717, 1.165) is 72.0 Å². The zero-order valence-electron chi connectivity index (χ0n) is 24.5. The molecule has 2 N–H and O–H groups in total. The van der Waals surface area contributed by atoms with Gasteiger partial charge in [-0.3, -0.25) is 9.69 Å². The van der Waals surface area contributed by atoms with E-state index in [1.54, 1.807) is 23.5 Å². The summed E-state index contributed by atoms with van der Waals surface area (Å²) in [6.45, 7) is 9.20. The summed E-state index contributed by atoms with van der Waals surface area (Å²) in [5.41, 5.74) is 2.48. The topological polar surface area (TPSA) is 115 Å². The number of likely N-dealkylation sites (N-methyl/N-ethyl adjacent to an activating group) is 1. The highest BCUT2D eigenvalue weighted by molar-refractivity contribution is 7.16. The summed E-state index contributed by atoms with van der Waals surface area (Å²) in [7, 11) is 2.21. The minimum absolute atomic E-state index is 0.317. The van der Waals surface area contributed by atoms with Crippen molar-refractivity contribution >= 4 is 51.7 Å². The highest BCUT2D eigenvalue weighted by Gasteiger charge is 2.38. The second-order valence-electron chi connectivity index (χ2n) is 10.9. The summed E-state index contributed by atoms with van der Waals surface area (Å²) in [5, 5.41) is 10.2. The molecule has 3 aliphatic heterocycles. The van der Waals surface area contributed by atoms with Gasteiger partial charge in [-0.2, -0.15) is 4.98 Å². The van der Waals surface area contributed by atoms with Crippen molar-refractivity contribution in [3.63, 3.8) is 0 Å². The van der Waals surface area contributed by atoms with Gasteiger partial charge in [0, 0.05) is 68.5 Å². The van der Waals surface area contributed by atoms with Crippen molar-refractivity contribution in [3.05, 3.63) is 52.0 Å². The maximum Gasteiger partial charge on any atom is 0.227 e. The number of nitrogens with one attached hydrogen (secondary N) is 2. The van der Waals surface area contributed by atoms with Crippen LogP contribution in [0.25, 0.3) is 10.6 Å². The van der Waals surface area contributed by atoms with Crippen LogP contribution in [-0.4, -0.2) is 94.5 Å². The van der Waals surface area contributed by atoms with Gasteiger partial charge in [0.1, 0.15) is 5.82 Å². The number of aromatic nitrogens is 5. The fourth-order valence-electron chi connectivity index (χ4n) is 5.74. The Morgan fingerprint density at radius 3 is 2.44 bits per heavy atom. The first-order chi connectivity index (χ1) is 20.9. The summed E-state index contributed by atoms with van der Waals surface area (Å²) < 4.78 is 14.1. The Balaban J connectivity index is 0.000000153. The van der Waals surface area contributed by atoms with Gasteiger partial charge in [0.2, 0.25) is 5.95 Å². The van der Waals surface area contributed by atoms with E-state index >= 15 is 0 Å². The first-order valence-corrected chi connectivity index (χ1v) is 16.1. The lowest BCUT2D eigenvalue weighted by Crippen LogP contribution is -2.52. The molecule has 0 radical (unpaired) electrons. The monoisotopic (exact) mass is 622 g/mol. The van der Waals surface area contributed by atoms with Gasteiger partial charge in [0.15, 0.2) is 23.1 Å². The van der Waals surface area contributed by atoms with Crippen LogP contribution in [0.4, 0.5) is 27.1 Å². The number of thiazole rings is 2. The van der Waals surface area contributed by atoms with Crippen LogP contribution in [0.2, 0.25) is 0 Å². The number of carbonyl (C=O) groups excluding carboxylic acids is 1. The molecule has 0 amide bonds. The molecule has 3 aliphatic rings. The molecule has 43 heavy (non-hydrogen) atoms. The molecule has 14 heteroatoms. The number of anilines is 4. The molecule has 226 valence electrons. The van der Waals surface area contributed by atoms with E-state index in [4.69, 9.17) is 0 Å². The smallest absolute Gasteiger partial charge is 0.227 e. The average Bonchev–Trinajstić information content (AvgIpc) is 3.67. The SMILES string of the molecule is CN1[C@@H]2CC[C@H]1CN(c1ncc(F)c(N3CCNCC3)n1)C2.Cc1nc(C)c(-c2csc(Nc3ccc(C=O)cn3)n2)s1. The second kappa shape index (κ2) is 13.0. The van der Waals surface area contributed by atoms with Gasteiger partial charge in [-0.25, -0.2) is 24.3 Å². The molecule has 0 unspecified atom stereocenters. The van der Waals surface area contributed by atoms with Gasteiger partial charge in [0.05, 0.1) is 27.5 Å². The van der Waals surface area contributed by atoms with Crippen LogP contribution >= 0.6 is 22.7 Å². The number of hydrogen-bond donors (Lipinski definition) is 2. The molecule has 2 atom stereocenters. The number of halogens is 1. The van der Waals surface area contributed by atoms with Gasteiger partial charge < -0.3 is 20.4 Å². The summed E-state index contributed by atoms with van der Waals surface area (Å²) in [6.07, 6.45) is 6.11. The quantitative estimate of drug-likeness (QED) is 0.302. The Kier molecular flexibility index (Phi) is 8.88. The molecule has 7 rings (SSSR count). The van der Waals surface area contributed by atoms with E-state index in [9.17, 15) is 9.18 Å². The van der Waals surface area contributed by atoms with E-state index in [1.165, 1.54) is 36.6 Å². The van der Waals surface area contributed by atoms with Crippen LogP contribution in [0.15, 0.2) is 29.9 Å². The Labute approximate surface area is 258 Å². The first kappa shape index (κ1) is 29.5. The number of fused-ring (bicyclic) bond motifs is 2. The van der Waals surface area contributed by atoms with Crippen LogP contribution < -0.4 is 20.4 Å². The van der Waals surface area contributed by atoms with Crippen LogP contribution in [0.3, 0.4) is 0 Å². The summed E-state index contributed by atoms with van der Waals surface area (Å²) in [5.74, 6) is 1.49. The van der Waals surface area contributed by atoms with Crippen molar-refractivity contribution in [1.82, 2.24) is 35.1 Å². The Morgan fingerprint density at radius 1 is 1.02 bits per heavy atom. The maximum atomic E-state index is 14.1. The minimum Gasteiger partial charge on any atom is -0.351 e. The molecule has 3 saturated heterocycles. The predicted molar refractivity (Wildman–Crippen MR) is 169 cm³/mol. The van der Waals surface area contributed by atoms with Crippen molar-refractivity contribution in [2.75, 3.05) is 61.4 Å². The predicted octanol–water partition coefficient (Wildman–Crippen LogP) is 4.14. The Hall–Kier alpha value is -3.59. The van der Waals surface area contributed by atoms with E-state index in [2.05, 4.69) is 52.4 Å². The normalized spacial score (nSPS) is 20.1.